The van der Waals surface area contributed by atoms with Gasteiger partial charge < -0.3 is 5.32 Å². The van der Waals surface area contributed by atoms with Crippen molar-refractivity contribution in [3.63, 3.8) is 0 Å². The highest BCUT2D eigenvalue weighted by Gasteiger charge is 2.06. The number of rotatable bonds is 3. The number of pyridine rings is 1. The first-order chi connectivity index (χ1) is 8.66. The SMILES string of the molecule is Cc1cc(C(=O)NCc2ccccn2)ccc1Br. The fraction of sp³-hybridized carbons (Fsp3) is 0.143. The quantitative estimate of drug-likeness (QED) is 0.947. The van der Waals surface area contributed by atoms with Crippen LogP contribution in [0.4, 0.5) is 0 Å². The lowest BCUT2D eigenvalue weighted by molar-refractivity contribution is 0.0950. The van der Waals surface area contributed by atoms with Gasteiger partial charge >= 0.3 is 0 Å². The van der Waals surface area contributed by atoms with Crippen LogP contribution in [0.5, 0.6) is 0 Å². The molecule has 1 heterocycles. The van der Waals surface area contributed by atoms with Crippen LogP contribution in [0.25, 0.3) is 0 Å². The van der Waals surface area contributed by atoms with Gasteiger partial charge in [-0.25, -0.2) is 0 Å². The Morgan fingerprint density at radius 2 is 2.17 bits per heavy atom. The first kappa shape index (κ1) is 12.8. The molecule has 0 aliphatic carbocycles. The van der Waals surface area contributed by atoms with E-state index >= 15 is 0 Å². The van der Waals surface area contributed by atoms with Crippen LogP contribution in [0.2, 0.25) is 0 Å². The van der Waals surface area contributed by atoms with E-state index in [1.54, 1.807) is 12.3 Å². The van der Waals surface area contributed by atoms with E-state index in [4.69, 9.17) is 0 Å². The number of hydrogen-bond acceptors (Lipinski definition) is 2. The molecule has 0 bridgehead atoms. The molecule has 4 heteroatoms. The van der Waals surface area contributed by atoms with E-state index in [-0.39, 0.29) is 5.91 Å². The van der Waals surface area contributed by atoms with E-state index in [0.29, 0.717) is 12.1 Å². The van der Waals surface area contributed by atoms with Crippen molar-refractivity contribution in [1.29, 1.82) is 0 Å². The second-order valence-corrected chi connectivity index (χ2v) is 4.82. The Bertz CT molecular complexity index is 555. The molecule has 2 aromatic rings. The van der Waals surface area contributed by atoms with Gasteiger partial charge in [-0.1, -0.05) is 22.0 Å². The van der Waals surface area contributed by atoms with Gasteiger partial charge in [0.2, 0.25) is 0 Å². The molecule has 1 N–H and O–H groups in total. The number of benzene rings is 1. The van der Waals surface area contributed by atoms with Gasteiger partial charge in [-0.05, 0) is 42.8 Å². The minimum Gasteiger partial charge on any atom is -0.346 e. The summed E-state index contributed by atoms with van der Waals surface area (Å²) in [5.74, 6) is -0.0868. The molecule has 0 radical (unpaired) electrons. The third kappa shape index (κ3) is 3.17. The Hall–Kier alpha value is -1.68. The number of nitrogens with one attached hydrogen (secondary N) is 1. The number of amides is 1. The van der Waals surface area contributed by atoms with Crippen molar-refractivity contribution < 1.29 is 4.79 Å². The van der Waals surface area contributed by atoms with Crippen LogP contribution in [0.3, 0.4) is 0 Å². The van der Waals surface area contributed by atoms with Crippen LogP contribution >= 0.6 is 15.9 Å². The van der Waals surface area contributed by atoms with Crippen molar-refractivity contribution in [2.45, 2.75) is 13.5 Å². The van der Waals surface area contributed by atoms with Crippen LogP contribution in [0.15, 0.2) is 47.1 Å². The van der Waals surface area contributed by atoms with Crippen molar-refractivity contribution in [3.05, 3.63) is 63.9 Å². The van der Waals surface area contributed by atoms with Crippen LogP contribution in [-0.2, 0) is 6.54 Å². The second kappa shape index (κ2) is 5.78. The van der Waals surface area contributed by atoms with Gasteiger partial charge in [-0.3, -0.25) is 9.78 Å². The van der Waals surface area contributed by atoms with E-state index in [2.05, 4.69) is 26.2 Å². The molecule has 0 unspecified atom stereocenters. The number of nitrogens with zero attached hydrogens (tertiary/aromatic N) is 1. The zero-order valence-corrected chi connectivity index (χ0v) is 11.6. The number of halogens is 1. The molecule has 0 fully saturated rings. The molecule has 0 aliphatic heterocycles. The molecule has 0 atom stereocenters. The van der Waals surface area contributed by atoms with Crippen molar-refractivity contribution in [2.24, 2.45) is 0 Å². The molecule has 1 aromatic heterocycles. The molecule has 92 valence electrons. The Morgan fingerprint density at radius 1 is 1.33 bits per heavy atom. The van der Waals surface area contributed by atoms with Crippen molar-refractivity contribution in [3.8, 4) is 0 Å². The molecule has 0 saturated carbocycles. The van der Waals surface area contributed by atoms with Gasteiger partial charge in [0.05, 0.1) is 12.2 Å². The first-order valence-corrected chi connectivity index (χ1v) is 6.40. The van der Waals surface area contributed by atoms with Gasteiger partial charge in [0.1, 0.15) is 0 Å². The highest BCUT2D eigenvalue weighted by molar-refractivity contribution is 9.10. The minimum absolute atomic E-state index is 0.0868. The Labute approximate surface area is 114 Å². The lowest BCUT2D eigenvalue weighted by atomic mass is 10.1. The summed E-state index contributed by atoms with van der Waals surface area (Å²) in [6, 6.07) is 11.2. The van der Waals surface area contributed by atoms with Gasteiger partial charge in [-0.15, -0.1) is 0 Å². The highest BCUT2D eigenvalue weighted by atomic mass is 79.9. The largest absolute Gasteiger partial charge is 0.346 e. The second-order valence-electron chi connectivity index (χ2n) is 3.97. The van der Waals surface area contributed by atoms with Crippen molar-refractivity contribution >= 4 is 21.8 Å². The zero-order valence-electron chi connectivity index (χ0n) is 9.98. The third-order valence-electron chi connectivity index (χ3n) is 2.58. The summed E-state index contributed by atoms with van der Waals surface area (Å²) < 4.78 is 1.00. The Morgan fingerprint density at radius 3 is 2.83 bits per heavy atom. The molecule has 0 aliphatic rings. The summed E-state index contributed by atoms with van der Waals surface area (Å²) in [5, 5.41) is 2.85. The van der Waals surface area contributed by atoms with Crippen LogP contribution in [0, 0.1) is 6.92 Å². The average molecular weight is 305 g/mol. The molecule has 1 amide bonds. The van der Waals surface area contributed by atoms with Gasteiger partial charge in [0, 0.05) is 16.2 Å². The van der Waals surface area contributed by atoms with E-state index < -0.39 is 0 Å². The van der Waals surface area contributed by atoms with Crippen molar-refractivity contribution in [1.82, 2.24) is 10.3 Å². The molecule has 18 heavy (non-hydrogen) atoms. The van der Waals surface area contributed by atoms with Gasteiger partial charge in [0.25, 0.3) is 5.91 Å². The number of carbonyl (C=O) groups is 1. The van der Waals surface area contributed by atoms with Crippen LogP contribution in [0.1, 0.15) is 21.6 Å². The predicted molar refractivity (Wildman–Crippen MR) is 74.3 cm³/mol. The summed E-state index contributed by atoms with van der Waals surface area (Å²) >= 11 is 3.41. The van der Waals surface area contributed by atoms with Crippen molar-refractivity contribution in [2.75, 3.05) is 0 Å². The molecule has 2 rings (SSSR count). The maximum absolute atomic E-state index is 11.9. The van der Waals surface area contributed by atoms with E-state index in [0.717, 1.165) is 15.7 Å². The summed E-state index contributed by atoms with van der Waals surface area (Å²) in [6.07, 6.45) is 1.71. The average Bonchev–Trinajstić information content (AvgIpc) is 2.40. The maximum Gasteiger partial charge on any atom is 0.251 e. The molecule has 0 spiro atoms. The van der Waals surface area contributed by atoms with Gasteiger partial charge in [0.15, 0.2) is 0 Å². The predicted octanol–water partition coefficient (Wildman–Crippen LogP) is 3.08. The van der Waals surface area contributed by atoms with E-state index in [9.17, 15) is 4.79 Å². The number of aryl methyl sites for hydroxylation is 1. The number of aromatic nitrogens is 1. The lowest BCUT2D eigenvalue weighted by Gasteiger charge is -2.06. The molecular formula is C14H13BrN2O. The normalized spacial score (nSPS) is 10.1. The Kier molecular flexibility index (Phi) is 4.10. The van der Waals surface area contributed by atoms with Gasteiger partial charge in [-0.2, -0.15) is 0 Å². The van der Waals surface area contributed by atoms with E-state index in [1.165, 1.54) is 0 Å². The molecule has 3 nitrogen and oxygen atoms in total. The summed E-state index contributed by atoms with van der Waals surface area (Å²) in [6.45, 7) is 2.40. The topological polar surface area (TPSA) is 42.0 Å². The number of carbonyl (C=O) groups excluding carboxylic acids is 1. The number of hydrogen-bond donors (Lipinski definition) is 1. The Balaban J connectivity index is 2.02. The fourth-order valence-electron chi connectivity index (χ4n) is 1.56. The van der Waals surface area contributed by atoms with Crippen LogP contribution < -0.4 is 5.32 Å². The van der Waals surface area contributed by atoms with Crippen LogP contribution in [-0.4, -0.2) is 10.9 Å². The zero-order chi connectivity index (χ0) is 13.0. The monoisotopic (exact) mass is 304 g/mol. The fourth-order valence-corrected chi connectivity index (χ4v) is 1.81. The highest BCUT2D eigenvalue weighted by Crippen LogP contribution is 2.17. The molecular weight excluding hydrogens is 292 g/mol. The summed E-state index contributed by atoms with van der Waals surface area (Å²) in [4.78, 5) is 16.1. The summed E-state index contributed by atoms with van der Waals surface area (Å²) in [5.41, 5.74) is 2.55. The summed E-state index contributed by atoms with van der Waals surface area (Å²) in [7, 11) is 0. The first-order valence-electron chi connectivity index (χ1n) is 5.61. The maximum atomic E-state index is 11.9. The molecule has 0 saturated heterocycles. The molecule has 1 aromatic carbocycles. The van der Waals surface area contributed by atoms with E-state index in [1.807, 2.05) is 37.3 Å². The lowest BCUT2D eigenvalue weighted by Crippen LogP contribution is -2.23. The minimum atomic E-state index is -0.0868. The smallest absolute Gasteiger partial charge is 0.251 e. The third-order valence-corrected chi connectivity index (χ3v) is 3.47. The standard InChI is InChI=1S/C14H13BrN2O/c1-10-8-11(5-6-13(10)15)14(18)17-9-12-4-2-3-7-16-12/h2-8H,9H2,1H3,(H,17,18).